The van der Waals surface area contributed by atoms with Crippen molar-refractivity contribution >= 4 is 27.1 Å². The molecule has 0 amide bonds. The number of aliphatic imine (C=N–C) groups is 1. The summed E-state index contributed by atoms with van der Waals surface area (Å²) in [6.07, 6.45) is 2.66. The van der Waals surface area contributed by atoms with Gasteiger partial charge in [0, 0.05) is 6.54 Å². The fourth-order valence-electron chi connectivity index (χ4n) is 3.31. The van der Waals surface area contributed by atoms with Crippen LogP contribution in [0.1, 0.15) is 26.2 Å². The van der Waals surface area contributed by atoms with Crippen LogP contribution in [0.5, 0.6) is 0 Å². The number of sulfone groups is 1. The largest absolute Gasteiger partial charge is 0.390 e. The molecule has 1 aromatic heterocycles. The number of aliphatic hydroxyl groups excluding tert-OH is 1. The number of guanidine groups is 1. The van der Waals surface area contributed by atoms with Crippen LogP contribution in [0.3, 0.4) is 0 Å². The molecule has 0 aliphatic carbocycles. The molecule has 2 bridgehead atoms. The van der Waals surface area contributed by atoms with Crippen molar-refractivity contribution in [2.45, 2.75) is 54.7 Å². The maximum absolute atomic E-state index is 12.2. The number of hydrogen-bond acceptors (Lipinski definition) is 6. The standard InChI is InChI=1S/C16H25N3O4S2/c1-2-17-16(19-13-8-12-5-6-14(13)23-12)18-9-11(20)10-25(21,22)15-4-3-7-24-15/h3-4,7,11-14,20H,2,5-6,8-10H2,1H3,(H2,17,18,19). The van der Waals surface area contributed by atoms with Crippen molar-refractivity contribution < 1.29 is 18.3 Å². The Balaban J connectivity index is 1.55. The Morgan fingerprint density at radius 3 is 2.96 bits per heavy atom. The summed E-state index contributed by atoms with van der Waals surface area (Å²) >= 11 is 1.16. The molecule has 3 N–H and O–H groups in total. The number of fused-ring (bicyclic) bond motifs is 2. The normalized spacial score (nSPS) is 27.4. The lowest BCUT2D eigenvalue weighted by atomic mass is 9.96. The molecule has 1 aromatic rings. The lowest BCUT2D eigenvalue weighted by Gasteiger charge is -2.23. The lowest BCUT2D eigenvalue weighted by Crippen LogP contribution is -2.47. The maximum Gasteiger partial charge on any atom is 0.191 e. The minimum atomic E-state index is -3.47. The van der Waals surface area contributed by atoms with Crippen molar-refractivity contribution in [1.82, 2.24) is 10.6 Å². The predicted octanol–water partition coefficient (Wildman–Crippen LogP) is 0.758. The second-order valence-electron chi connectivity index (χ2n) is 6.45. The minimum Gasteiger partial charge on any atom is -0.390 e. The lowest BCUT2D eigenvalue weighted by molar-refractivity contribution is 0.0992. The first kappa shape index (κ1) is 18.6. The molecule has 0 aromatic carbocycles. The topological polar surface area (TPSA) is 100 Å². The van der Waals surface area contributed by atoms with Gasteiger partial charge < -0.3 is 20.5 Å². The molecule has 3 rings (SSSR count). The molecule has 2 fully saturated rings. The molecule has 9 heteroatoms. The van der Waals surface area contributed by atoms with Gasteiger partial charge in [-0.3, -0.25) is 4.99 Å². The van der Waals surface area contributed by atoms with Gasteiger partial charge in [-0.25, -0.2) is 8.42 Å². The Bertz CT molecular complexity index is 690. The second kappa shape index (κ2) is 8.03. The molecule has 3 heterocycles. The highest BCUT2D eigenvalue weighted by atomic mass is 32.2. The van der Waals surface area contributed by atoms with E-state index in [1.165, 1.54) is 0 Å². The molecule has 140 valence electrons. The molecule has 4 unspecified atom stereocenters. The van der Waals surface area contributed by atoms with Crippen LogP contribution < -0.4 is 10.6 Å². The van der Waals surface area contributed by atoms with E-state index in [9.17, 15) is 13.5 Å². The first-order valence-electron chi connectivity index (χ1n) is 8.62. The average molecular weight is 388 g/mol. The van der Waals surface area contributed by atoms with E-state index in [1.54, 1.807) is 17.5 Å². The van der Waals surface area contributed by atoms with Crippen molar-refractivity contribution in [2.24, 2.45) is 4.99 Å². The van der Waals surface area contributed by atoms with Gasteiger partial charge >= 0.3 is 0 Å². The van der Waals surface area contributed by atoms with Crippen molar-refractivity contribution in [3.63, 3.8) is 0 Å². The van der Waals surface area contributed by atoms with Gasteiger partial charge in [-0.15, -0.1) is 11.3 Å². The van der Waals surface area contributed by atoms with E-state index < -0.39 is 15.9 Å². The van der Waals surface area contributed by atoms with E-state index in [0.29, 0.717) is 18.6 Å². The Labute approximate surface area is 152 Å². The fraction of sp³-hybridized carbons (Fsp3) is 0.688. The highest BCUT2D eigenvalue weighted by Gasteiger charge is 2.41. The monoisotopic (exact) mass is 387 g/mol. The highest BCUT2D eigenvalue weighted by molar-refractivity contribution is 7.93. The number of hydrogen-bond donors (Lipinski definition) is 3. The van der Waals surface area contributed by atoms with Gasteiger partial charge in [0.2, 0.25) is 0 Å². The van der Waals surface area contributed by atoms with Gasteiger partial charge in [-0.05, 0) is 37.6 Å². The summed E-state index contributed by atoms with van der Waals surface area (Å²) in [6.45, 7) is 2.69. The molecule has 2 saturated heterocycles. The maximum atomic E-state index is 12.2. The molecule has 2 aliphatic rings. The highest BCUT2D eigenvalue weighted by Crippen LogP contribution is 2.34. The number of aliphatic hydroxyl groups is 1. The quantitative estimate of drug-likeness (QED) is 0.472. The minimum absolute atomic E-state index is 0.0294. The van der Waals surface area contributed by atoms with Crippen molar-refractivity contribution in [3.05, 3.63) is 17.5 Å². The summed E-state index contributed by atoms with van der Waals surface area (Å²) in [5, 5.41) is 18.3. The molecule has 0 spiro atoms. The Morgan fingerprint density at radius 2 is 2.36 bits per heavy atom. The van der Waals surface area contributed by atoms with Gasteiger partial charge in [0.1, 0.15) is 4.21 Å². The molecule has 2 aliphatic heterocycles. The van der Waals surface area contributed by atoms with Crippen LogP contribution in [0, 0.1) is 0 Å². The van der Waals surface area contributed by atoms with E-state index in [1.807, 2.05) is 6.92 Å². The van der Waals surface area contributed by atoms with Gasteiger partial charge in [0.25, 0.3) is 0 Å². The number of thiophene rings is 1. The van der Waals surface area contributed by atoms with Crippen LogP contribution >= 0.6 is 11.3 Å². The zero-order valence-electron chi connectivity index (χ0n) is 14.2. The van der Waals surface area contributed by atoms with E-state index in [0.717, 1.165) is 30.6 Å². The van der Waals surface area contributed by atoms with Crippen LogP contribution in [0.15, 0.2) is 26.7 Å². The third kappa shape index (κ3) is 4.72. The molecular formula is C16H25N3O4S2. The predicted molar refractivity (Wildman–Crippen MR) is 97.8 cm³/mol. The van der Waals surface area contributed by atoms with Crippen LogP contribution in [0.25, 0.3) is 0 Å². The number of ether oxygens (including phenoxy) is 1. The summed E-state index contributed by atoms with van der Waals surface area (Å²) < 4.78 is 30.5. The van der Waals surface area contributed by atoms with Gasteiger partial charge in [-0.1, -0.05) is 6.07 Å². The smallest absolute Gasteiger partial charge is 0.191 e. The van der Waals surface area contributed by atoms with E-state index in [2.05, 4.69) is 15.6 Å². The number of nitrogens with zero attached hydrogens (tertiary/aromatic N) is 1. The van der Waals surface area contributed by atoms with Gasteiger partial charge in [0.15, 0.2) is 15.8 Å². The Kier molecular flexibility index (Phi) is 5.98. The molecule has 7 nitrogen and oxygen atoms in total. The SMILES string of the molecule is CCNC(=NCC(O)CS(=O)(=O)c1cccs1)NC1CC2CCC1O2. The van der Waals surface area contributed by atoms with Crippen LogP contribution in [0.4, 0.5) is 0 Å². The van der Waals surface area contributed by atoms with Crippen LogP contribution in [0.2, 0.25) is 0 Å². The molecular weight excluding hydrogens is 362 g/mol. The fourth-order valence-corrected chi connectivity index (χ4v) is 5.78. The van der Waals surface area contributed by atoms with E-state index >= 15 is 0 Å². The van der Waals surface area contributed by atoms with Crippen LogP contribution in [-0.4, -0.2) is 62.7 Å². The van der Waals surface area contributed by atoms with Crippen molar-refractivity contribution in [3.8, 4) is 0 Å². The summed E-state index contributed by atoms with van der Waals surface area (Å²) in [5.74, 6) is 0.268. The Hall–Kier alpha value is -1.16. The van der Waals surface area contributed by atoms with E-state index in [4.69, 9.17) is 4.74 Å². The molecule has 0 radical (unpaired) electrons. The average Bonchev–Trinajstić information content (AvgIpc) is 3.29. The number of nitrogens with one attached hydrogen (secondary N) is 2. The summed E-state index contributed by atoms with van der Waals surface area (Å²) in [5.41, 5.74) is 0. The molecule has 0 saturated carbocycles. The second-order valence-corrected chi connectivity index (χ2v) is 9.66. The first-order chi connectivity index (χ1) is 12.0. The Morgan fingerprint density at radius 1 is 1.52 bits per heavy atom. The van der Waals surface area contributed by atoms with Gasteiger partial charge in [0.05, 0.1) is 36.7 Å². The van der Waals surface area contributed by atoms with Crippen molar-refractivity contribution in [2.75, 3.05) is 18.8 Å². The summed E-state index contributed by atoms with van der Waals surface area (Å²) in [4.78, 5) is 4.35. The molecule has 25 heavy (non-hydrogen) atoms. The van der Waals surface area contributed by atoms with Gasteiger partial charge in [-0.2, -0.15) is 0 Å². The van der Waals surface area contributed by atoms with E-state index in [-0.39, 0.29) is 28.7 Å². The third-order valence-electron chi connectivity index (χ3n) is 4.45. The summed E-state index contributed by atoms with van der Waals surface area (Å²) in [7, 11) is -3.47. The zero-order valence-corrected chi connectivity index (χ0v) is 15.9. The number of rotatable bonds is 7. The molecule has 4 atom stereocenters. The van der Waals surface area contributed by atoms with Crippen LogP contribution in [-0.2, 0) is 14.6 Å². The third-order valence-corrected chi connectivity index (χ3v) is 7.73. The first-order valence-corrected chi connectivity index (χ1v) is 11.2. The zero-order chi connectivity index (χ0) is 17.9. The summed E-state index contributed by atoms with van der Waals surface area (Å²) in [6, 6.07) is 3.46. The van der Waals surface area contributed by atoms with Crippen molar-refractivity contribution in [1.29, 1.82) is 0 Å².